The van der Waals surface area contributed by atoms with E-state index in [0.717, 1.165) is 19.3 Å². The summed E-state index contributed by atoms with van der Waals surface area (Å²) in [4.78, 5) is 11.8. The van der Waals surface area contributed by atoms with Gasteiger partial charge in [-0.2, -0.15) is 0 Å². The van der Waals surface area contributed by atoms with Crippen molar-refractivity contribution in [2.45, 2.75) is 45.4 Å². The van der Waals surface area contributed by atoms with E-state index < -0.39 is 5.63 Å². The van der Waals surface area contributed by atoms with Crippen molar-refractivity contribution in [3.63, 3.8) is 0 Å². The first-order chi connectivity index (χ1) is 10.6. The Labute approximate surface area is 157 Å². The molecular formula is C17H21NaO5. The van der Waals surface area contributed by atoms with Crippen LogP contribution in [0.2, 0.25) is 0 Å². The van der Waals surface area contributed by atoms with E-state index in [9.17, 15) is 15.0 Å². The van der Waals surface area contributed by atoms with Gasteiger partial charge in [0, 0.05) is 0 Å². The van der Waals surface area contributed by atoms with E-state index in [-0.39, 0.29) is 52.4 Å². The van der Waals surface area contributed by atoms with Crippen molar-refractivity contribution in [1.82, 2.24) is 0 Å². The van der Waals surface area contributed by atoms with Gasteiger partial charge in [-0.1, -0.05) is 45.1 Å². The first kappa shape index (κ1) is 19.9. The van der Waals surface area contributed by atoms with Gasteiger partial charge >= 0.3 is 35.2 Å². The second-order valence-corrected chi connectivity index (χ2v) is 5.34. The number of hydrogen-bond acceptors (Lipinski definition) is 5. The Morgan fingerprint density at radius 1 is 1.17 bits per heavy atom. The molecule has 1 aromatic carbocycles. The minimum absolute atomic E-state index is 0. The standard InChI is InChI=1S/C17H22O5.Na/c1-2-3-4-5-6-7-10-21-16-15(19)13-9-8-12(18)11-14(13)22-17(16)20;/h8-9,11,18-19H,2-7,10H2,1H3;/q;+1/p-1. The SMILES string of the molecule is CCCCCCCCOc1c(O)c2ccc([O-])cc2oc1=O.[Na+]. The molecule has 0 atom stereocenters. The number of hydrogen-bond donors (Lipinski definition) is 1. The topological polar surface area (TPSA) is 82.7 Å². The minimum Gasteiger partial charge on any atom is -0.872 e. The molecular weight excluding hydrogens is 307 g/mol. The molecule has 2 rings (SSSR count). The summed E-state index contributed by atoms with van der Waals surface area (Å²) in [6.07, 6.45) is 6.63. The van der Waals surface area contributed by atoms with Gasteiger partial charge < -0.3 is 19.4 Å². The molecule has 120 valence electrons. The summed E-state index contributed by atoms with van der Waals surface area (Å²) < 4.78 is 10.4. The molecule has 0 amide bonds. The molecule has 2 aromatic rings. The summed E-state index contributed by atoms with van der Waals surface area (Å²) in [7, 11) is 0. The van der Waals surface area contributed by atoms with Crippen molar-refractivity contribution in [3.05, 3.63) is 28.6 Å². The number of fused-ring (bicyclic) bond motifs is 1. The van der Waals surface area contributed by atoms with Crippen molar-refractivity contribution in [2.24, 2.45) is 0 Å². The molecule has 0 fully saturated rings. The third-order valence-corrected chi connectivity index (χ3v) is 3.56. The van der Waals surface area contributed by atoms with Gasteiger partial charge in [0.15, 0.2) is 5.75 Å². The van der Waals surface area contributed by atoms with Crippen molar-refractivity contribution >= 4 is 11.0 Å². The van der Waals surface area contributed by atoms with Crippen LogP contribution in [0.15, 0.2) is 27.4 Å². The van der Waals surface area contributed by atoms with E-state index in [0.29, 0.717) is 12.0 Å². The average molecular weight is 328 g/mol. The third-order valence-electron chi connectivity index (χ3n) is 3.56. The van der Waals surface area contributed by atoms with E-state index in [1.54, 1.807) is 0 Å². The Bertz CT molecular complexity index is 680. The maximum absolute atomic E-state index is 11.8. The number of aromatic hydroxyl groups is 1. The van der Waals surface area contributed by atoms with Crippen LogP contribution < -0.4 is 45.0 Å². The monoisotopic (exact) mass is 328 g/mol. The fraction of sp³-hybridized carbons (Fsp3) is 0.471. The van der Waals surface area contributed by atoms with Crippen molar-refractivity contribution < 1.29 is 48.9 Å². The van der Waals surface area contributed by atoms with E-state index in [1.165, 1.54) is 37.5 Å². The van der Waals surface area contributed by atoms with Crippen molar-refractivity contribution in [3.8, 4) is 17.2 Å². The van der Waals surface area contributed by atoms with E-state index >= 15 is 0 Å². The fourth-order valence-corrected chi connectivity index (χ4v) is 2.33. The molecule has 0 unspecified atom stereocenters. The largest absolute Gasteiger partial charge is 1.00 e. The predicted octanol–water partition coefficient (Wildman–Crippen LogP) is 0.315. The van der Waals surface area contributed by atoms with Crippen LogP contribution in [0.4, 0.5) is 0 Å². The average Bonchev–Trinajstić information content (AvgIpc) is 2.48. The van der Waals surface area contributed by atoms with Crippen LogP contribution in [0.5, 0.6) is 17.2 Å². The summed E-state index contributed by atoms with van der Waals surface area (Å²) in [5.41, 5.74) is -0.691. The van der Waals surface area contributed by atoms with Gasteiger partial charge in [-0.3, -0.25) is 0 Å². The van der Waals surface area contributed by atoms with Gasteiger partial charge in [-0.25, -0.2) is 4.79 Å². The zero-order valence-electron chi connectivity index (χ0n) is 13.8. The van der Waals surface area contributed by atoms with Gasteiger partial charge in [0.1, 0.15) is 5.58 Å². The molecule has 1 N–H and O–H groups in total. The summed E-state index contributed by atoms with van der Waals surface area (Å²) in [6.45, 7) is 2.52. The summed E-state index contributed by atoms with van der Waals surface area (Å²) in [6, 6.07) is 3.90. The number of rotatable bonds is 8. The molecule has 0 spiro atoms. The second kappa shape index (κ2) is 9.85. The third kappa shape index (κ3) is 5.44. The normalized spacial score (nSPS) is 10.5. The molecule has 0 aliphatic heterocycles. The molecule has 5 nitrogen and oxygen atoms in total. The van der Waals surface area contributed by atoms with E-state index in [2.05, 4.69) is 6.92 Å². The fourth-order valence-electron chi connectivity index (χ4n) is 2.33. The van der Waals surface area contributed by atoms with Gasteiger partial charge in [0.2, 0.25) is 5.75 Å². The molecule has 0 saturated carbocycles. The number of unbranched alkanes of at least 4 members (excludes halogenated alkanes) is 5. The van der Waals surface area contributed by atoms with Crippen LogP contribution in [0, 0.1) is 0 Å². The molecule has 6 heteroatoms. The Morgan fingerprint density at radius 3 is 2.61 bits per heavy atom. The van der Waals surface area contributed by atoms with Crippen molar-refractivity contribution in [1.29, 1.82) is 0 Å². The molecule has 1 aromatic heterocycles. The Morgan fingerprint density at radius 2 is 1.87 bits per heavy atom. The van der Waals surface area contributed by atoms with Crippen LogP contribution >= 0.6 is 0 Å². The van der Waals surface area contributed by atoms with Crippen LogP contribution in [-0.4, -0.2) is 11.7 Å². The Hall–Kier alpha value is -1.17. The molecule has 0 radical (unpaired) electrons. The zero-order valence-corrected chi connectivity index (χ0v) is 15.8. The predicted molar refractivity (Wildman–Crippen MR) is 82.5 cm³/mol. The summed E-state index contributed by atoms with van der Waals surface area (Å²) >= 11 is 0. The van der Waals surface area contributed by atoms with Crippen LogP contribution in [0.3, 0.4) is 0 Å². The van der Waals surface area contributed by atoms with Gasteiger partial charge in [0.05, 0.1) is 12.0 Å². The number of ether oxygens (including phenoxy) is 1. The Balaban J connectivity index is 0.00000264. The minimum atomic E-state index is -0.762. The first-order valence-corrected chi connectivity index (χ1v) is 7.73. The summed E-state index contributed by atoms with van der Waals surface area (Å²) in [5, 5.41) is 21.6. The van der Waals surface area contributed by atoms with Crippen LogP contribution in [-0.2, 0) is 0 Å². The molecule has 0 aliphatic rings. The smallest absolute Gasteiger partial charge is 0.872 e. The number of benzene rings is 1. The molecule has 1 heterocycles. The molecule has 0 aliphatic carbocycles. The van der Waals surface area contributed by atoms with Gasteiger partial charge in [-0.15, -0.1) is 5.75 Å². The molecule has 23 heavy (non-hydrogen) atoms. The molecule has 0 bridgehead atoms. The summed E-state index contributed by atoms with van der Waals surface area (Å²) in [5.74, 6) is -0.729. The van der Waals surface area contributed by atoms with Crippen molar-refractivity contribution in [2.75, 3.05) is 6.61 Å². The van der Waals surface area contributed by atoms with Gasteiger partial charge in [0.25, 0.3) is 0 Å². The first-order valence-electron chi connectivity index (χ1n) is 7.73. The maximum atomic E-state index is 11.8. The van der Waals surface area contributed by atoms with Gasteiger partial charge in [-0.05, 0) is 18.6 Å². The maximum Gasteiger partial charge on any atom is 1.00 e. The van der Waals surface area contributed by atoms with Crippen LogP contribution in [0.1, 0.15) is 45.4 Å². The second-order valence-electron chi connectivity index (χ2n) is 5.34. The van der Waals surface area contributed by atoms with Crippen LogP contribution in [0.25, 0.3) is 11.0 Å². The molecule has 0 saturated heterocycles. The van der Waals surface area contributed by atoms with E-state index in [4.69, 9.17) is 9.15 Å². The van der Waals surface area contributed by atoms with E-state index in [1.807, 2.05) is 0 Å². The zero-order chi connectivity index (χ0) is 15.9. The Kier molecular flexibility index (Phi) is 8.52. The quantitative estimate of drug-likeness (QED) is 0.429.